The summed E-state index contributed by atoms with van der Waals surface area (Å²) >= 11 is 0. The van der Waals surface area contributed by atoms with Gasteiger partial charge in [-0.1, -0.05) is 36.4 Å². The highest BCUT2D eigenvalue weighted by Crippen LogP contribution is 2.33. The molecular weight excluding hydrogens is 460 g/mol. The van der Waals surface area contributed by atoms with E-state index < -0.39 is 53.6 Å². The van der Waals surface area contributed by atoms with Crippen molar-refractivity contribution in [3.63, 3.8) is 0 Å². The number of ether oxygens (including phenoxy) is 3. The summed E-state index contributed by atoms with van der Waals surface area (Å²) in [5.74, 6) is -3.14. The Morgan fingerprint density at radius 2 is 1.49 bits per heavy atom. The smallest absolute Gasteiger partial charge is 0.340 e. The first kappa shape index (κ1) is 23.8. The maximum Gasteiger partial charge on any atom is 0.340 e. The van der Waals surface area contributed by atoms with Crippen LogP contribution in [0.15, 0.2) is 82.5 Å². The minimum atomic E-state index is -1.69. The number of carbonyl (C=O) groups excluding carboxylic acids is 2. The summed E-state index contributed by atoms with van der Waals surface area (Å²) in [6.45, 7) is 0. The SMILES string of the molecule is COC1C(OC(=O)c2ccccc2)[C@@H](C(=O)O)O[C@H]1n1ccc(=O)n(C(=O)c2ccccc2)c1=O. The summed E-state index contributed by atoms with van der Waals surface area (Å²) in [5, 5.41) is 9.68. The predicted molar refractivity (Wildman–Crippen MR) is 119 cm³/mol. The van der Waals surface area contributed by atoms with Crippen LogP contribution in [0, 0.1) is 0 Å². The predicted octanol–water partition coefficient (Wildman–Crippen LogP) is 0.921. The molecule has 2 aromatic carbocycles. The van der Waals surface area contributed by atoms with Gasteiger partial charge in [0.05, 0.1) is 5.56 Å². The molecule has 180 valence electrons. The Kier molecular flexibility index (Phi) is 6.71. The molecule has 1 N–H and O–H groups in total. The van der Waals surface area contributed by atoms with Crippen LogP contribution in [0.4, 0.5) is 0 Å². The van der Waals surface area contributed by atoms with E-state index in [4.69, 9.17) is 14.2 Å². The lowest BCUT2D eigenvalue weighted by Gasteiger charge is -2.23. The lowest BCUT2D eigenvalue weighted by molar-refractivity contribution is -0.155. The number of esters is 1. The van der Waals surface area contributed by atoms with Crippen LogP contribution in [-0.2, 0) is 19.0 Å². The Balaban J connectivity index is 1.72. The molecule has 4 rings (SSSR count). The molecule has 35 heavy (non-hydrogen) atoms. The maximum atomic E-state index is 13.2. The van der Waals surface area contributed by atoms with E-state index in [2.05, 4.69) is 0 Å². The zero-order chi connectivity index (χ0) is 25.1. The summed E-state index contributed by atoms with van der Waals surface area (Å²) in [7, 11) is 1.23. The largest absolute Gasteiger partial charge is 0.479 e. The molecule has 11 heteroatoms. The molecule has 11 nitrogen and oxygen atoms in total. The van der Waals surface area contributed by atoms with E-state index >= 15 is 0 Å². The number of methoxy groups -OCH3 is 1. The number of hydrogen-bond donors (Lipinski definition) is 1. The number of aromatic nitrogens is 2. The van der Waals surface area contributed by atoms with Gasteiger partial charge in [-0.05, 0) is 24.3 Å². The molecule has 3 aromatic rings. The molecule has 1 aliphatic rings. The van der Waals surface area contributed by atoms with Gasteiger partial charge in [0.25, 0.3) is 11.5 Å². The molecule has 1 aliphatic heterocycles. The summed E-state index contributed by atoms with van der Waals surface area (Å²) in [5.41, 5.74) is -1.68. The molecule has 1 fully saturated rings. The van der Waals surface area contributed by atoms with Crippen molar-refractivity contribution in [1.82, 2.24) is 9.13 Å². The average Bonchev–Trinajstić information content (AvgIpc) is 3.23. The van der Waals surface area contributed by atoms with Gasteiger partial charge in [-0.2, -0.15) is 4.57 Å². The Hall–Kier alpha value is -4.35. The number of nitrogens with zero attached hydrogens (tertiary/aromatic N) is 2. The molecule has 0 saturated carbocycles. The molecule has 0 bridgehead atoms. The van der Waals surface area contributed by atoms with Crippen LogP contribution in [-0.4, -0.2) is 57.5 Å². The first-order valence-corrected chi connectivity index (χ1v) is 10.4. The highest BCUT2D eigenvalue weighted by atomic mass is 16.6. The Labute approximate surface area is 197 Å². The minimum absolute atomic E-state index is 0.0955. The molecule has 2 unspecified atom stereocenters. The zero-order valence-electron chi connectivity index (χ0n) is 18.3. The van der Waals surface area contributed by atoms with E-state index in [0.717, 1.165) is 16.8 Å². The number of aliphatic carboxylic acids is 1. The van der Waals surface area contributed by atoms with Gasteiger partial charge >= 0.3 is 17.6 Å². The maximum absolute atomic E-state index is 13.2. The monoisotopic (exact) mass is 480 g/mol. The zero-order valence-corrected chi connectivity index (χ0v) is 18.3. The van der Waals surface area contributed by atoms with Gasteiger partial charge in [0.2, 0.25) is 0 Å². The van der Waals surface area contributed by atoms with Gasteiger partial charge in [0, 0.05) is 24.9 Å². The highest BCUT2D eigenvalue weighted by molar-refractivity contribution is 5.95. The van der Waals surface area contributed by atoms with Gasteiger partial charge in [-0.15, -0.1) is 0 Å². The fraction of sp³-hybridized carbons (Fsp3) is 0.208. The van der Waals surface area contributed by atoms with Gasteiger partial charge in [0.1, 0.15) is 6.10 Å². The van der Waals surface area contributed by atoms with E-state index in [0.29, 0.717) is 4.57 Å². The van der Waals surface area contributed by atoms with Crippen molar-refractivity contribution in [3.05, 3.63) is 105 Å². The second kappa shape index (κ2) is 9.87. The fourth-order valence-corrected chi connectivity index (χ4v) is 3.79. The molecule has 0 spiro atoms. The topological polar surface area (TPSA) is 143 Å². The molecule has 0 radical (unpaired) electrons. The molecule has 1 saturated heterocycles. The van der Waals surface area contributed by atoms with Crippen molar-refractivity contribution in [3.8, 4) is 0 Å². The Morgan fingerprint density at radius 1 is 0.886 bits per heavy atom. The summed E-state index contributed by atoms with van der Waals surface area (Å²) in [4.78, 5) is 63.0. The fourth-order valence-electron chi connectivity index (χ4n) is 3.79. The number of hydrogen-bond acceptors (Lipinski definition) is 8. The van der Waals surface area contributed by atoms with Crippen molar-refractivity contribution in [2.24, 2.45) is 0 Å². The molecular formula is C24H20N2O9. The third-order valence-corrected chi connectivity index (χ3v) is 5.47. The first-order chi connectivity index (χ1) is 16.8. The average molecular weight is 480 g/mol. The Morgan fingerprint density at radius 3 is 2.06 bits per heavy atom. The van der Waals surface area contributed by atoms with Crippen LogP contribution in [0.1, 0.15) is 26.9 Å². The molecule has 0 aliphatic carbocycles. The van der Waals surface area contributed by atoms with Crippen molar-refractivity contribution in [2.45, 2.75) is 24.5 Å². The number of carbonyl (C=O) groups is 3. The summed E-state index contributed by atoms with van der Waals surface area (Å²) < 4.78 is 17.6. The second-order valence-electron chi connectivity index (χ2n) is 7.57. The summed E-state index contributed by atoms with van der Waals surface area (Å²) in [6, 6.07) is 16.6. The number of carboxylic acids is 1. The molecule has 1 aromatic heterocycles. The van der Waals surface area contributed by atoms with Crippen LogP contribution in [0.3, 0.4) is 0 Å². The van der Waals surface area contributed by atoms with Gasteiger partial charge in [-0.25, -0.2) is 14.4 Å². The standard InChI is InChI=1S/C24H20N2O9/c1-33-18-17(35-23(31)15-10-6-3-7-11-15)19(22(29)30)34-21(18)25-13-12-16(27)26(24(25)32)20(28)14-8-4-2-5-9-14/h2-13,17-19,21H,1H3,(H,29,30)/t17?,18?,19-,21+/m0/s1. The van der Waals surface area contributed by atoms with Gasteiger partial charge in [0.15, 0.2) is 18.4 Å². The molecule has 4 atom stereocenters. The quantitative estimate of drug-likeness (QED) is 0.510. The van der Waals surface area contributed by atoms with Crippen LogP contribution >= 0.6 is 0 Å². The van der Waals surface area contributed by atoms with Crippen molar-refractivity contribution >= 4 is 17.8 Å². The van der Waals surface area contributed by atoms with Gasteiger partial charge < -0.3 is 19.3 Å². The van der Waals surface area contributed by atoms with Crippen LogP contribution in [0.5, 0.6) is 0 Å². The lowest BCUT2D eigenvalue weighted by Crippen LogP contribution is -2.46. The van der Waals surface area contributed by atoms with E-state index in [1.807, 2.05) is 0 Å². The van der Waals surface area contributed by atoms with Crippen LogP contribution < -0.4 is 11.2 Å². The number of carboxylic acid groups (broad SMARTS) is 1. The van der Waals surface area contributed by atoms with Crippen LogP contribution in [0.2, 0.25) is 0 Å². The van der Waals surface area contributed by atoms with Crippen molar-refractivity contribution in [1.29, 1.82) is 0 Å². The highest BCUT2D eigenvalue weighted by Gasteiger charge is 2.52. The van der Waals surface area contributed by atoms with Crippen molar-refractivity contribution in [2.75, 3.05) is 7.11 Å². The van der Waals surface area contributed by atoms with E-state index in [-0.39, 0.29) is 11.1 Å². The number of benzene rings is 2. The van der Waals surface area contributed by atoms with Crippen molar-refractivity contribution < 1.29 is 33.7 Å². The second-order valence-corrected chi connectivity index (χ2v) is 7.57. The Bertz CT molecular complexity index is 1360. The van der Waals surface area contributed by atoms with E-state index in [1.165, 1.54) is 31.4 Å². The normalized spacial score (nSPS) is 21.4. The molecule has 2 heterocycles. The first-order valence-electron chi connectivity index (χ1n) is 10.4. The third kappa shape index (κ3) is 4.54. The minimum Gasteiger partial charge on any atom is -0.479 e. The lowest BCUT2D eigenvalue weighted by atomic mass is 10.1. The van der Waals surface area contributed by atoms with E-state index in [9.17, 15) is 29.1 Å². The number of rotatable bonds is 6. The summed E-state index contributed by atoms with van der Waals surface area (Å²) in [6.07, 6.45) is -4.73. The van der Waals surface area contributed by atoms with E-state index in [1.54, 1.807) is 36.4 Å². The van der Waals surface area contributed by atoms with Gasteiger partial charge in [-0.3, -0.25) is 14.2 Å². The molecule has 0 amide bonds. The van der Waals surface area contributed by atoms with Crippen LogP contribution in [0.25, 0.3) is 0 Å². The third-order valence-electron chi connectivity index (χ3n) is 5.47.